The molecule has 0 aliphatic rings. The molecule has 27 heavy (non-hydrogen) atoms. The number of nitrogens with one attached hydrogen (secondary N) is 3. The Balaban J connectivity index is 4.02. The molecule has 14 heteroatoms. The van der Waals surface area contributed by atoms with E-state index >= 15 is 0 Å². The smallest absolute Gasteiger partial charge is 0.339 e. The van der Waals surface area contributed by atoms with Gasteiger partial charge in [-0.05, 0) is 19.5 Å². The number of carbonyl (C=O) groups excluding carboxylic acids is 2. The van der Waals surface area contributed by atoms with Crippen molar-refractivity contribution in [1.82, 2.24) is 20.9 Å². The Bertz CT molecular complexity index is 526. The molecule has 2 amide bonds. The van der Waals surface area contributed by atoms with Gasteiger partial charge in [-0.15, -0.1) is 0 Å². The predicted molar refractivity (Wildman–Crippen MR) is 98.9 cm³/mol. The molecule has 0 heterocycles. The summed E-state index contributed by atoms with van der Waals surface area (Å²) >= 11 is 0. The lowest BCUT2D eigenvalue weighted by molar-refractivity contribution is -0.122. The predicted octanol–water partition coefficient (Wildman–Crippen LogP) is -1.43. The average Bonchev–Trinajstić information content (AvgIpc) is 2.48. The Morgan fingerprint density at radius 1 is 0.852 bits per heavy atom. The highest BCUT2D eigenvalue weighted by atomic mass is 31.2. The van der Waals surface area contributed by atoms with Crippen molar-refractivity contribution in [3.8, 4) is 0 Å². The van der Waals surface area contributed by atoms with Gasteiger partial charge in [0.2, 0.25) is 11.8 Å². The summed E-state index contributed by atoms with van der Waals surface area (Å²) in [7, 11) is -8.95. The fourth-order valence-corrected chi connectivity index (χ4v) is 3.81. The minimum atomic E-state index is -4.48. The number of carbonyl (C=O) groups is 2. The van der Waals surface area contributed by atoms with Crippen LogP contribution in [0.4, 0.5) is 0 Å². The summed E-state index contributed by atoms with van der Waals surface area (Å²) in [5.74, 6) is -0.458. The summed E-state index contributed by atoms with van der Waals surface area (Å²) in [6.07, 6.45) is -1.05. The van der Waals surface area contributed by atoms with Crippen LogP contribution in [0.2, 0.25) is 0 Å². The zero-order valence-corrected chi connectivity index (χ0v) is 17.1. The molecule has 160 valence electrons. The molecule has 0 fully saturated rings. The molecule has 0 unspecified atom stereocenters. The standard InChI is InChI=1S/C13H30N4O8P2/c1-2-14-6-5-13(19)16-8-7-15-12(18)4-3-9-17(10-26(20,21)22)11-27(23,24)25/h14H,2-11H2,1H3,(H,15,18)(H,16,19)(H2,20,21,22)(H2,23,24,25). The van der Waals surface area contributed by atoms with Crippen LogP contribution in [-0.4, -0.2) is 81.6 Å². The maximum atomic E-state index is 11.7. The van der Waals surface area contributed by atoms with Crippen molar-refractivity contribution in [1.29, 1.82) is 0 Å². The van der Waals surface area contributed by atoms with E-state index in [4.69, 9.17) is 19.6 Å². The summed E-state index contributed by atoms with van der Waals surface area (Å²) < 4.78 is 22.0. The number of hydrogen-bond donors (Lipinski definition) is 7. The minimum Gasteiger partial charge on any atom is -0.354 e. The third-order valence-corrected chi connectivity index (χ3v) is 4.73. The van der Waals surface area contributed by atoms with Gasteiger partial charge in [0.25, 0.3) is 0 Å². The lowest BCUT2D eigenvalue weighted by Crippen LogP contribution is -2.36. The Hall–Kier alpha value is -0.840. The second-order valence-corrected chi connectivity index (χ2v) is 9.14. The van der Waals surface area contributed by atoms with Gasteiger partial charge < -0.3 is 35.5 Å². The highest BCUT2D eigenvalue weighted by molar-refractivity contribution is 7.52. The second-order valence-electron chi connectivity index (χ2n) is 5.91. The van der Waals surface area contributed by atoms with Gasteiger partial charge in [-0.25, -0.2) is 0 Å². The van der Waals surface area contributed by atoms with Crippen LogP contribution in [0, 0.1) is 0 Å². The van der Waals surface area contributed by atoms with Crippen molar-refractivity contribution in [3.63, 3.8) is 0 Å². The first-order valence-electron chi connectivity index (χ1n) is 8.48. The number of hydrogen-bond acceptors (Lipinski definition) is 6. The molecule has 0 aliphatic heterocycles. The number of rotatable bonds is 15. The monoisotopic (exact) mass is 432 g/mol. The quantitative estimate of drug-likeness (QED) is 0.119. The van der Waals surface area contributed by atoms with Crippen LogP contribution in [0.15, 0.2) is 0 Å². The van der Waals surface area contributed by atoms with E-state index < -0.39 is 27.8 Å². The van der Waals surface area contributed by atoms with Crippen LogP contribution >= 0.6 is 15.2 Å². The maximum absolute atomic E-state index is 11.7. The highest BCUT2D eigenvalue weighted by Crippen LogP contribution is 2.40. The molecule has 0 aliphatic carbocycles. The van der Waals surface area contributed by atoms with Gasteiger partial charge >= 0.3 is 15.2 Å². The van der Waals surface area contributed by atoms with Crippen molar-refractivity contribution in [2.24, 2.45) is 0 Å². The van der Waals surface area contributed by atoms with Crippen LogP contribution in [0.25, 0.3) is 0 Å². The normalized spacial score (nSPS) is 12.2. The van der Waals surface area contributed by atoms with Crippen LogP contribution in [-0.2, 0) is 18.7 Å². The van der Waals surface area contributed by atoms with Crippen LogP contribution in [0.3, 0.4) is 0 Å². The summed E-state index contributed by atoms with van der Waals surface area (Å²) in [6, 6.07) is 0. The molecule has 0 aromatic carbocycles. The molecule has 0 saturated carbocycles. The van der Waals surface area contributed by atoms with Gasteiger partial charge in [-0.2, -0.15) is 0 Å². The van der Waals surface area contributed by atoms with E-state index in [-0.39, 0.29) is 44.3 Å². The van der Waals surface area contributed by atoms with Crippen LogP contribution < -0.4 is 16.0 Å². The first-order chi connectivity index (χ1) is 12.4. The van der Waals surface area contributed by atoms with E-state index in [1.54, 1.807) is 0 Å². The van der Waals surface area contributed by atoms with Gasteiger partial charge in [-0.3, -0.25) is 23.6 Å². The van der Waals surface area contributed by atoms with Crippen molar-refractivity contribution in [2.75, 3.05) is 45.3 Å². The van der Waals surface area contributed by atoms with Crippen LogP contribution in [0.5, 0.6) is 0 Å². The van der Waals surface area contributed by atoms with Crippen LogP contribution in [0.1, 0.15) is 26.2 Å². The Kier molecular flexibility index (Phi) is 12.9. The minimum absolute atomic E-state index is 0.0210. The summed E-state index contributed by atoms with van der Waals surface area (Å²) in [4.78, 5) is 59.9. The molecule has 12 nitrogen and oxygen atoms in total. The second kappa shape index (κ2) is 13.4. The van der Waals surface area contributed by atoms with Gasteiger partial charge in [0.1, 0.15) is 12.6 Å². The van der Waals surface area contributed by atoms with E-state index in [9.17, 15) is 18.7 Å². The van der Waals surface area contributed by atoms with Crippen molar-refractivity contribution in [3.05, 3.63) is 0 Å². The molecule has 0 bridgehead atoms. The van der Waals surface area contributed by atoms with E-state index in [0.717, 1.165) is 11.4 Å². The van der Waals surface area contributed by atoms with E-state index in [2.05, 4.69) is 16.0 Å². The zero-order chi connectivity index (χ0) is 20.9. The molecule has 0 radical (unpaired) electrons. The third-order valence-electron chi connectivity index (χ3n) is 3.19. The largest absolute Gasteiger partial charge is 0.354 e. The summed E-state index contributed by atoms with van der Waals surface area (Å²) in [5.41, 5.74) is 0. The molecular formula is C13H30N4O8P2. The van der Waals surface area contributed by atoms with Crippen molar-refractivity contribution >= 4 is 27.0 Å². The van der Waals surface area contributed by atoms with E-state index in [1.807, 2.05) is 6.92 Å². The van der Waals surface area contributed by atoms with Gasteiger partial charge in [0, 0.05) is 32.5 Å². The molecule has 0 rings (SSSR count). The fraction of sp³-hybridized carbons (Fsp3) is 0.846. The first kappa shape index (κ1) is 26.2. The van der Waals surface area contributed by atoms with Crippen molar-refractivity contribution in [2.45, 2.75) is 26.2 Å². The molecule has 0 aromatic rings. The lowest BCUT2D eigenvalue weighted by Gasteiger charge is -2.22. The van der Waals surface area contributed by atoms with Crippen molar-refractivity contribution < 1.29 is 38.3 Å². The summed E-state index contributed by atoms with van der Waals surface area (Å²) in [5, 5.41) is 8.24. The molecule has 0 spiro atoms. The molecular weight excluding hydrogens is 402 g/mol. The summed E-state index contributed by atoms with van der Waals surface area (Å²) in [6.45, 7) is 3.76. The Morgan fingerprint density at radius 2 is 1.33 bits per heavy atom. The van der Waals surface area contributed by atoms with Gasteiger partial charge in [0.05, 0.1) is 0 Å². The van der Waals surface area contributed by atoms with E-state index in [1.165, 1.54) is 0 Å². The molecule has 0 aromatic heterocycles. The highest BCUT2D eigenvalue weighted by Gasteiger charge is 2.25. The Morgan fingerprint density at radius 3 is 1.78 bits per heavy atom. The third kappa shape index (κ3) is 18.3. The first-order valence-corrected chi connectivity index (χ1v) is 12.1. The average molecular weight is 432 g/mol. The fourth-order valence-electron chi connectivity index (χ4n) is 2.13. The number of amides is 2. The van der Waals surface area contributed by atoms with E-state index in [0.29, 0.717) is 13.0 Å². The van der Waals surface area contributed by atoms with Gasteiger partial charge in [0.15, 0.2) is 0 Å². The SMILES string of the molecule is CCNCCC(=O)NCCNC(=O)CCCN(CP(=O)(O)O)CP(=O)(O)O. The lowest BCUT2D eigenvalue weighted by atomic mass is 10.3. The molecule has 0 saturated heterocycles. The molecule has 7 N–H and O–H groups in total. The van der Waals surface area contributed by atoms with Gasteiger partial charge in [-0.1, -0.05) is 6.92 Å². The Labute approximate surface area is 158 Å². The molecule has 0 atom stereocenters. The zero-order valence-electron chi connectivity index (χ0n) is 15.3. The maximum Gasteiger partial charge on any atom is 0.339 e. The topological polar surface area (TPSA) is 189 Å². The number of nitrogens with zero attached hydrogens (tertiary/aromatic N) is 1.